The SMILES string of the molecule is CCCOCC(N)c1oc2ccc(F)cc2c1C. The molecule has 98 valence electrons. The van der Waals surface area contributed by atoms with E-state index in [0.717, 1.165) is 17.4 Å². The van der Waals surface area contributed by atoms with Crippen molar-refractivity contribution < 1.29 is 13.5 Å². The van der Waals surface area contributed by atoms with Crippen molar-refractivity contribution in [3.63, 3.8) is 0 Å². The van der Waals surface area contributed by atoms with Crippen LogP contribution in [-0.2, 0) is 4.74 Å². The van der Waals surface area contributed by atoms with Gasteiger partial charge in [-0.25, -0.2) is 4.39 Å². The second kappa shape index (κ2) is 5.50. The molecule has 0 bridgehead atoms. The Morgan fingerprint density at radius 3 is 2.94 bits per heavy atom. The van der Waals surface area contributed by atoms with E-state index in [9.17, 15) is 4.39 Å². The molecule has 0 aliphatic rings. The maximum atomic E-state index is 13.2. The highest BCUT2D eigenvalue weighted by molar-refractivity contribution is 5.82. The first-order valence-corrected chi connectivity index (χ1v) is 6.15. The largest absolute Gasteiger partial charge is 0.459 e. The molecule has 0 saturated carbocycles. The minimum Gasteiger partial charge on any atom is -0.459 e. The van der Waals surface area contributed by atoms with Crippen LogP contribution in [0.5, 0.6) is 0 Å². The molecule has 2 N–H and O–H groups in total. The zero-order chi connectivity index (χ0) is 13.1. The predicted molar refractivity (Wildman–Crippen MR) is 68.9 cm³/mol. The van der Waals surface area contributed by atoms with Gasteiger partial charge in [0.1, 0.15) is 17.2 Å². The summed E-state index contributed by atoms with van der Waals surface area (Å²) in [5.41, 5.74) is 7.57. The van der Waals surface area contributed by atoms with Crippen molar-refractivity contribution in [1.29, 1.82) is 0 Å². The van der Waals surface area contributed by atoms with Crippen LogP contribution in [0, 0.1) is 12.7 Å². The molecule has 4 heteroatoms. The van der Waals surface area contributed by atoms with E-state index < -0.39 is 0 Å². The fourth-order valence-electron chi connectivity index (χ4n) is 2.00. The molecule has 1 heterocycles. The molecule has 0 fully saturated rings. The Hall–Kier alpha value is -1.39. The molecule has 2 rings (SSSR count). The second-order valence-corrected chi connectivity index (χ2v) is 4.41. The van der Waals surface area contributed by atoms with Crippen LogP contribution in [0.1, 0.15) is 30.7 Å². The smallest absolute Gasteiger partial charge is 0.134 e. The van der Waals surface area contributed by atoms with E-state index in [1.807, 2.05) is 13.8 Å². The van der Waals surface area contributed by atoms with Gasteiger partial charge in [-0.2, -0.15) is 0 Å². The molecule has 3 nitrogen and oxygen atoms in total. The van der Waals surface area contributed by atoms with E-state index in [0.29, 0.717) is 24.6 Å². The summed E-state index contributed by atoms with van der Waals surface area (Å²) in [6, 6.07) is 4.17. The van der Waals surface area contributed by atoms with Gasteiger partial charge in [-0.15, -0.1) is 0 Å². The Kier molecular flexibility index (Phi) is 3.99. The van der Waals surface area contributed by atoms with E-state index in [1.165, 1.54) is 12.1 Å². The lowest BCUT2D eigenvalue weighted by Crippen LogP contribution is -2.17. The van der Waals surface area contributed by atoms with Crippen LogP contribution in [0.3, 0.4) is 0 Å². The van der Waals surface area contributed by atoms with Crippen LogP contribution in [0.25, 0.3) is 11.0 Å². The summed E-state index contributed by atoms with van der Waals surface area (Å²) in [7, 11) is 0. The lowest BCUT2D eigenvalue weighted by molar-refractivity contribution is 0.116. The van der Waals surface area contributed by atoms with E-state index in [4.69, 9.17) is 14.9 Å². The van der Waals surface area contributed by atoms with E-state index in [-0.39, 0.29) is 11.9 Å². The van der Waals surface area contributed by atoms with Gasteiger partial charge in [-0.1, -0.05) is 6.92 Å². The number of fused-ring (bicyclic) bond motifs is 1. The molecule has 1 aromatic heterocycles. The van der Waals surface area contributed by atoms with Crippen molar-refractivity contribution in [2.24, 2.45) is 5.73 Å². The Balaban J connectivity index is 2.25. The molecular weight excluding hydrogens is 233 g/mol. The van der Waals surface area contributed by atoms with Gasteiger partial charge in [0.05, 0.1) is 12.6 Å². The first-order chi connectivity index (χ1) is 8.63. The van der Waals surface area contributed by atoms with Crippen LogP contribution in [0.4, 0.5) is 4.39 Å². The number of hydrogen-bond acceptors (Lipinski definition) is 3. The number of aryl methyl sites for hydroxylation is 1. The second-order valence-electron chi connectivity index (χ2n) is 4.41. The lowest BCUT2D eigenvalue weighted by Gasteiger charge is -2.10. The highest BCUT2D eigenvalue weighted by atomic mass is 19.1. The molecule has 0 amide bonds. The maximum Gasteiger partial charge on any atom is 0.134 e. The van der Waals surface area contributed by atoms with Crippen LogP contribution >= 0.6 is 0 Å². The molecule has 2 aromatic rings. The summed E-state index contributed by atoms with van der Waals surface area (Å²) < 4.78 is 24.3. The molecule has 1 atom stereocenters. The normalized spacial score (nSPS) is 13.1. The summed E-state index contributed by atoms with van der Waals surface area (Å²) in [6.45, 7) is 5.03. The van der Waals surface area contributed by atoms with Gasteiger partial charge in [-0.05, 0) is 31.5 Å². The average Bonchev–Trinajstić information content (AvgIpc) is 2.67. The lowest BCUT2D eigenvalue weighted by atomic mass is 10.1. The summed E-state index contributed by atoms with van der Waals surface area (Å²) in [4.78, 5) is 0. The van der Waals surface area contributed by atoms with Crippen LogP contribution in [0.15, 0.2) is 22.6 Å². The third-order valence-corrected chi connectivity index (χ3v) is 2.92. The Labute approximate surface area is 106 Å². The maximum absolute atomic E-state index is 13.2. The van der Waals surface area contributed by atoms with E-state index >= 15 is 0 Å². The van der Waals surface area contributed by atoms with Crippen LogP contribution < -0.4 is 5.73 Å². The summed E-state index contributed by atoms with van der Waals surface area (Å²) >= 11 is 0. The predicted octanol–water partition coefficient (Wildman–Crippen LogP) is 3.31. The highest BCUT2D eigenvalue weighted by Gasteiger charge is 2.17. The molecule has 0 aliphatic carbocycles. The molecule has 1 aromatic carbocycles. The number of rotatable bonds is 5. The third-order valence-electron chi connectivity index (χ3n) is 2.92. The number of furan rings is 1. The number of ether oxygens (including phenoxy) is 1. The molecule has 0 radical (unpaired) electrons. The van der Waals surface area contributed by atoms with Crippen molar-refractivity contribution in [2.75, 3.05) is 13.2 Å². The average molecular weight is 251 g/mol. The number of nitrogens with two attached hydrogens (primary N) is 1. The monoisotopic (exact) mass is 251 g/mol. The van der Waals surface area contributed by atoms with Gasteiger partial charge in [0.15, 0.2) is 0 Å². The van der Waals surface area contributed by atoms with Crippen LogP contribution in [0.2, 0.25) is 0 Å². The first-order valence-electron chi connectivity index (χ1n) is 6.15. The van der Waals surface area contributed by atoms with Crippen molar-refractivity contribution >= 4 is 11.0 Å². The molecular formula is C14H18FNO2. The summed E-state index contributed by atoms with van der Waals surface area (Å²) in [5, 5.41) is 0.774. The molecule has 0 spiro atoms. The van der Waals surface area contributed by atoms with Crippen molar-refractivity contribution in [3.05, 3.63) is 35.3 Å². The van der Waals surface area contributed by atoms with Gasteiger partial charge in [0.2, 0.25) is 0 Å². The zero-order valence-corrected chi connectivity index (χ0v) is 10.7. The standard InChI is InChI=1S/C14H18FNO2/c1-3-6-17-8-12(16)14-9(2)11-7-10(15)4-5-13(11)18-14/h4-5,7,12H,3,6,8,16H2,1-2H3. The Bertz CT molecular complexity index is 536. The summed E-state index contributed by atoms with van der Waals surface area (Å²) in [6.07, 6.45) is 0.955. The quantitative estimate of drug-likeness (QED) is 0.829. The van der Waals surface area contributed by atoms with Gasteiger partial charge < -0.3 is 14.9 Å². The van der Waals surface area contributed by atoms with E-state index in [1.54, 1.807) is 6.07 Å². The van der Waals surface area contributed by atoms with Gasteiger partial charge in [0.25, 0.3) is 0 Å². The van der Waals surface area contributed by atoms with Crippen molar-refractivity contribution in [2.45, 2.75) is 26.3 Å². The van der Waals surface area contributed by atoms with Crippen LogP contribution in [-0.4, -0.2) is 13.2 Å². The number of halogens is 1. The minimum atomic E-state index is -0.313. The van der Waals surface area contributed by atoms with Gasteiger partial charge >= 0.3 is 0 Å². The fraction of sp³-hybridized carbons (Fsp3) is 0.429. The highest BCUT2D eigenvalue weighted by Crippen LogP contribution is 2.29. The van der Waals surface area contributed by atoms with Gasteiger partial charge in [0, 0.05) is 17.6 Å². The van der Waals surface area contributed by atoms with Crippen molar-refractivity contribution in [1.82, 2.24) is 0 Å². The molecule has 0 saturated heterocycles. The topological polar surface area (TPSA) is 48.4 Å². The minimum absolute atomic E-state index is 0.270. The third kappa shape index (κ3) is 2.54. The zero-order valence-electron chi connectivity index (χ0n) is 10.7. The van der Waals surface area contributed by atoms with Gasteiger partial charge in [-0.3, -0.25) is 0 Å². The van der Waals surface area contributed by atoms with Crippen molar-refractivity contribution in [3.8, 4) is 0 Å². The molecule has 18 heavy (non-hydrogen) atoms. The first kappa shape index (κ1) is 13.1. The Morgan fingerprint density at radius 1 is 1.44 bits per heavy atom. The van der Waals surface area contributed by atoms with E-state index in [2.05, 4.69) is 0 Å². The number of benzene rings is 1. The molecule has 1 unspecified atom stereocenters. The summed E-state index contributed by atoms with van der Waals surface area (Å²) in [5.74, 6) is 0.403. The fourth-order valence-corrected chi connectivity index (χ4v) is 2.00. The number of hydrogen-bond donors (Lipinski definition) is 1. The molecule has 0 aliphatic heterocycles. The Morgan fingerprint density at radius 2 is 2.22 bits per heavy atom.